The summed E-state index contributed by atoms with van der Waals surface area (Å²) in [6, 6.07) is 7.79. The Kier molecular flexibility index (Phi) is 5.00. The van der Waals surface area contributed by atoms with Gasteiger partial charge in [0.2, 0.25) is 11.8 Å². The fraction of sp³-hybridized carbons (Fsp3) is 0.500. The van der Waals surface area contributed by atoms with Crippen LogP contribution in [0.5, 0.6) is 0 Å². The molecule has 0 radical (unpaired) electrons. The largest absolute Gasteiger partial charge is 0.326 e. The normalized spacial score (nSPS) is 21.9. The van der Waals surface area contributed by atoms with Gasteiger partial charge in [-0.25, -0.2) is 0 Å². The summed E-state index contributed by atoms with van der Waals surface area (Å²) in [5.41, 5.74) is 1.62. The molecular formula is C16H21N3O2S. The fourth-order valence-electron chi connectivity index (χ4n) is 2.86. The summed E-state index contributed by atoms with van der Waals surface area (Å²) in [5, 5.41) is 6.30. The first kappa shape index (κ1) is 15.4. The molecule has 0 aromatic heterocycles. The first-order valence-corrected chi connectivity index (χ1v) is 8.89. The highest BCUT2D eigenvalue weighted by Gasteiger charge is 2.22. The molecule has 0 saturated carbocycles. The molecule has 2 N–H and O–H groups in total. The maximum atomic E-state index is 12.1. The van der Waals surface area contributed by atoms with Crippen LogP contribution < -0.4 is 15.5 Å². The highest BCUT2D eigenvalue weighted by atomic mass is 32.2. The molecule has 1 atom stereocenters. The summed E-state index contributed by atoms with van der Waals surface area (Å²) in [4.78, 5) is 25.7. The monoisotopic (exact) mass is 319 g/mol. The standard InChI is InChI=1S/C16H21N3O2S/c20-15(10-13-11-22-8-6-17-13)18-12-3-1-4-14(9-12)19-7-2-5-16(19)21/h1,3-4,9,13,17H,2,5-8,10-11H2,(H,18,20). The first-order valence-electron chi connectivity index (χ1n) is 7.74. The molecule has 2 saturated heterocycles. The van der Waals surface area contributed by atoms with Gasteiger partial charge in [-0.2, -0.15) is 11.8 Å². The van der Waals surface area contributed by atoms with Crippen molar-refractivity contribution < 1.29 is 9.59 Å². The van der Waals surface area contributed by atoms with Gasteiger partial charge in [-0.15, -0.1) is 0 Å². The Labute approximate surface area is 134 Å². The molecule has 1 unspecified atom stereocenters. The van der Waals surface area contributed by atoms with Crippen LogP contribution in [0.4, 0.5) is 11.4 Å². The van der Waals surface area contributed by atoms with Crippen molar-refractivity contribution in [3.05, 3.63) is 24.3 Å². The van der Waals surface area contributed by atoms with Crippen LogP contribution >= 0.6 is 11.8 Å². The van der Waals surface area contributed by atoms with Crippen molar-refractivity contribution in [1.82, 2.24) is 5.32 Å². The van der Waals surface area contributed by atoms with Gasteiger partial charge >= 0.3 is 0 Å². The molecule has 0 spiro atoms. The van der Waals surface area contributed by atoms with Crippen molar-refractivity contribution in [2.75, 3.05) is 34.8 Å². The number of nitrogens with zero attached hydrogens (tertiary/aromatic N) is 1. The third-order valence-electron chi connectivity index (χ3n) is 3.95. The van der Waals surface area contributed by atoms with Crippen LogP contribution in [-0.4, -0.2) is 42.5 Å². The van der Waals surface area contributed by atoms with Crippen molar-refractivity contribution in [2.24, 2.45) is 0 Å². The second-order valence-electron chi connectivity index (χ2n) is 5.68. The number of carbonyl (C=O) groups is 2. The highest BCUT2D eigenvalue weighted by molar-refractivity contribution is 7.99. The van der Waals surface area contributed by atoms with E-state index in [-0.39, 0.29) is 17.9 Å². The third-order valence-corrected chi connectivity index (χ3v) is 5.08. The quantitative estimate of drug-likeness (QED) is 0.889. The van der Waals surface area contributed by atoms with Crippen LogP contribution in [-0.2, 0) is 9.59 Å². The highest BCUT2D eigenvalue weighted by Crippen LogP contribution is 2.24. The number of hydrogen-bond donors (Lipinski definition) is 2. The fourth-order valence-corrected chi connectivity index (χ4v) is 3.81. The van der Waals surface area contributed by atoms with E-state index in [2.05, 4.69) is 10.6 Å². The Hall–Kier alpha value is -1.53. The van der Waals surface area contributed by atoms with Gasteiger partial charge in [0.25, 0.3) is 0 Å². The summed E-state index contributed by atoms with van der Waals surface area (Å²) < 4.78 is 0. The number of amides is 2. The zero-order valence-electron chi connectivity index (χ0n) is 12.5. The lowest BCUT2D eigenvalue weighted by Crippen LogP contribution is -2.39. The van der Waals surface area contributed by atoms with E-state index < -0.39 is 0 Å². The van der Waals surface area contributed by atoms with Crippen molar-refractivity contribution >= 4 is 35.0 Å². The van der Waals surface area contributed by atoms with E-state index in [9.17, 15) is 9.59 Å². The van der Waals surface area contributed by atoms with Gasteiger partial charge < -0.3 is 15.5 Å². The Morgan fingerprint density at radius 2 is 2.36 bits per heavy atom. The number of benzene rings is 1. The van der Waals surface area contributed by atoms with Crippen molar-refractivity contribution in [2.45, 2.75) is 25.3 Å². The summed E-state index contributed by atoms with van der Waals surface area (Å²) in [7, 11) is 0. The molecular weight excluding hydrogens is 298 g/mol. The molecule has 22 heavy (non-hydrogen) atoms. The zero-order chi connectivity index (χ0) is 15.4. The SMILES string of the molecule is O=C(CC1CSCCN1)Nc1cccc(N2CCCC2=O)c1. The Bertz CT molecular complexity index is 558. The lowest BCUT2D eigenvalue weighted by atomic mass is 10.2. The van der Waals surface area contributed by atoms with Gasteiger partial charge in [0.05, 0.1) is 0 Å². The molecule has 3 rings (SSSR count). The predicted octanol–water partition coefficient (Wildman–Crippen LogP) is 1.85. The molecule has 1 aromatic carbocycles. The molecule has 2 aliphatic heterocycles. The van der Waals surface area contributed by atoms with E-state index in [4.69, 9.17) is 0 Å². The number of thioether (sulfide) groups is 1. The average molecular weight is 319 g/mol. The topological polar surface area (TPSA) is 61.4 Å². The minimum absolute atomic E-state index is 0.0184. The maximum absolute atomic E-state index is 12.1. The van der Waals surface area contributed by atoms with Crippen LogP contribution in [0, 0.1) is 0 Å². The third kappa shape index (κ3) is 3.81. The molecule has 1 aromatic rings. The van der Waals surface area contributed by atoms with Gasteiger partial charge in [0.15, 0.2) is 0 Å². The van der Waals surface area contributed by atoms with Crippen LogP contribution in [0.25, 0.3) is 0 Å². The smallest absolute Gasteiger partial charge is 0.227 e. The minimum atomic E-state index is 0.0184. The van der Waals surface area contributed by atoms with E-state index in [1.807, 2.05) is 36.0 Å². The van der Waals surface area contributed by atoms with E-state index in [1.165, 1.54) is 0 Å². The maximum Gasteiger partial charge on any atom is 0.227 e. The molecule has 2 heterocycles. The van der Waals surface area contributed by atoms with Gasteiger partial charge in [-0.1, -0.05) is 6.07 Å². The second kappa shape index (κ2) is 7.15. The average Bonchev–Trinajstić information content (AvgIpc) is 2.94. The van der Waals surface area contributed by atoms with E-state index in [1.54, 1.807) is 4.90 Å². The summed E-state index contributed by atoms with van der Waals surface area (Å²) in [6.07, 6.45) is 2.00. The molecule has 118 valence electrons. The zero-order valence-corrected chi connectivity index (χ0v) is 13.3. The molecule has 0 bridgehead atoms. The van der Waals surface area contributed by atoms with Crippen LogP contribution in [0.1, 0.15) is 19.3 Å². The van der Waals surface area contributed by atoms with E-state index >= 15 is 0 Å². The van der Waals surface area contributed by atoms with Crippen molar-refractivity contribution in [1.29, 1.82) is 0 Å². The molecule has 2 amide bonds. The summed E-state index contributed by atoms with van der Waals surface area (Å²) in [5.74, 6) is 2.27. The Morgan fingerprint density at radius 3 is 3.09 bits per heavy atom. The Balaban J connectivity index is 1.60. The Morgan fingerprint density at radius 1 is 1.45 bits per heavy atom. The number of rotatable bonds is 4. The van der Waals surface area contributed by atoms with Crippen molar-refractivity contribution in [3.63, 3.8) is 0 Å². The van der Waals surface area contributed by atoms with Gasteiger partial charge in [0, 0.05) is 54.9 Å². The van der Waals surface area contributed by atoms with E-state index in [0.29, 0.717) is 12.8 Å². The molecule has 2 fully saturated rings. The summed E-state index contributed by atoms with van der Waals surface area (Å²) in [6.45, 7) is 1.73. The van der Waals surface area contributed by atoms with Crippen LogP contribution in [0.2, 0.25) is 0 Å². The van der Waals surface area contributed by atoms with Crippen LogP contribution in [0.15, 0.2) is 24.3 Å². The van der Waals surface area contributed by atoms with E-state index in [0.717, 1.165) is 42.4 Å². The van der Waals surface area contributed by atoms with Gasteiger partial charge in [0.1, 0.15) is 0 Å². The van der Waals surface area contributed by atoms with Gasteiger partial charge in [-0.05, 0) is 24.6 Å². The predicted molar refractivity (Wildman–Crippen MR) is 90.4 cm³/mol. The first-order chi connectivity index (χ1) is 10.7. The van der Waals surface area contributed by atoms with Crippen LogP contribution in [0.3, 0.4) is 0 Å². The van der Waals surface area contributed by atoms with Gasteiger partial charge in [-0.3, -0.25) is 9.59 Å². The molecule has 6 heteroatoms. The number of carbonyl (C=O) groups excluding carboxylic acids is 2. The second-order valence-corrected chi connectivity index (χ2v) is 6.83. The number of hydrogen-bond acceptors (Lipinski definition) is 4. The van der Waals surface area contributed by atoms with Crippen molar-refractivity contribution in [3.8, 4) is 0 Å². The molecule has 0 aliphatic carbocycles. The minimum Gasteiger partial charge on any atom is -0.326 e. The molecule has 2 aliphatic rings. The lowest BCUT2D eigenvalue weighted by Gasteiger charge is -2.22. The number of anilines is 2. The summed E-state index contributed by atoms with van der Waals surface area (Å²) >= 11 is 1.88. The number of nitrogens with one attached hydrogen (secondary N) is 2. The lowest BCUT2D eigenvalue weighted by molar-refractivity contribution is -0.117. The molecule has 5 nitrogen and oxygen atoms in total.